The molecule has 0 aromatic heterocycles. The number of ether oxygens (including phenoxy) is 1. The van der Waals surface area contributed by atoms with E-state index in [0.29, 0.717) is 22.9 Å². The molecule has 3 unspecified atom stereocenters. The quantitative estimate of drug-likeness (QED) is 0.868. The maximum absolute atomic E-state index is 12.3. The number of amides is 1. The van der Waals surface area contributed by atoms with Gasteiger partial charge in [-0.3, -0.25) is 4.79 Å². The standard InChI is InChI=1S/C17H23ClN2O2.ClH/c1-10-7-15(5-6-16(10)18)22-11(2)17(21)20-14-8-12-3-4-13(9-14)19-12;/h5-7,11-14,19H,3-4,8-9H2,1-2H3,(H,20,21);1H. The van der Waals surface area contributed by atoms with Gasteiger partial charge in [0, 0.05) is 23.1 Å². The number of carbonyl (C=O) groups is 1. The number of fused-ring (bicyclic) bond motifs is 2. The molecule has 1 aromatic rings. The van der Waals surface area contributed by atoms with Crippen LogP contribution in [0.4, 0.5) is 0 Å². The lowest BCUT2D eigenvalue weighted by atomic mass is 9.99. The average Bonchev–Trinajstić information content (AvgIpc) is 2.82. The van der Waals surface area contributed by atoms with Gasteiger partial charge in [0.15, 0.2) is 6.10 Å². The minimum Gasteiger partial charge on any atom is -0.481 e. The Morgan fingerprint density at radius 3 is 2.61 bits per heavy atom. The molecule has 0 saturated carbocycles. The molecular formula is C17H24Cl2N2O2. The van der Waals surface area contributed by atoms with Crippen molar-refractivity contribution in [1.29, 1.82) is 0 Å². The second kappa shape index (κ2) is 7.73. The Morgan fingerprint density at radius 1 is 1.35 bits per heavy atom. The Labute approximate surface area is 148 Å². The summed E-state index contributed by atoms with van der Waals surface area (Å²) in [5.41, 5.74) is 0.946. The van der Waals surface area contributed by atoms with Gasteiger partial charge < -0.3 is 15.4 Å². The van der Waals surface area contributed by atoms with Gasteiger partial charge in [-0.1, -0.05) is 11.6 Å². The first kappa shape index (κ1) is 18.4. The molecule has 0 spiro atoms. The number of piperidine rings is 1. The largest absolute Gasteiger partial charge is 0.481 e. The van der Waals surface area contributed by atoms with Crippen LogP contribution in [-0.4, -0.2) is 30.1 Å². The fraction of sp³-hybridized carbons (Fsp3) is 0.588. The third kappa shape index (κ3) is 4.52. The van der Waals surface area contributed by atoms with Gasteiger partial charge in [0.2, 0.25) is 0 Å². The Hall–Kier alpha value is -0.970. The van der Waals surface area contributed by atoms with Crippen molar-refractivity contribution in [3.63, 3.8) is 0 Å². The van der Waals surface area contributed by atoms with Crippen LogP contribution < -0.4 is 15.4 Å². The third-order valence-electron chi connectivity index (χ3n) is 4.63. The Bertz CT molecular complexity index is 556. The van der Waals surface area contributed by atoms with Gasteiger partial charge >= 0.3 is 0 Å². The van der Waals surface area contributed by atoms with Crippen molar-refractivity contribution in [2.75, 3.05) is 0 Å². The predicted molar refractivity (Wildman–Crippen MR) is 94.6 cm³/mol. The number of halogens is 2. The summed E-state index contributed by atoms with van der Waals surface area (Å²) in [7, 11) is 0. The van der Waals surface area contributed by atoms with Crippen LogP contribution in [0.2, 0.25) is 5.02 Å². The first-order chi connectivity index (χ1) is 10.5. The van der Waals surface area contributed by atoms with E-state index in [2.05, 4.69) is 10.6 Å². The fourth-order valence-corrected chi connectivity index (χ4v) is 3.56. The molecule has 4 nitrogen and oxygen atoms in total. The molecular weight excluding hydrogens is 335 g/mol. The second-order valence-electron chi connectivity index (χ2n) is 6.49. The van der Waals surface area contributed by atoms with Crippen LogP contribution in [0.3, 0.4) is 0 Å². The molecule has 2 saturated heterocycles. The molecule has 1 amide bonds. The molecule has 0 aliphatic carbocycles. The van der Waals surface area contributed by atoms with Crippen molar-refractivity contribution >= 4 is 29.9 Å². The molecule has 2 heterocycles. The molecule has 0 radical (unpaired) electrons. The van der Waals surface area contributed by atoms with Crippen LogP contribution in [0.15, 0.2) is 18.2 Å². The third-order valence-corrected chi connectivity index (χ3v) is 5.06. The van der Waals surface area contributed by atoms with E-state index in [1.54, 1.807) is 19.1 Å². The van der Waals surface area contributed by atoms with Crippen LogP contribution in [0.1, 0.15) is 38.2 Å². The van der Waals surface area contributed by atoms with Crippen molar-refractivity contribution in [1.82, 2.24) is 10.6 Å². The summed E-state index contributed by atoms with van der Waals surface area (Å²) in [4.78, 5) is 12.3. The molecule has 3 atom stereocenters. The lowest BCUT2D eigenvalue weighted by Gasteiger charge is -2.30. The van der Waals surface area contributed by atoms with E-state index in [-0.39, 0.29) is 24.4 Å². The first-order valence-electron chi connectivity index (χ1n) is 8.00. The number of hydrogen-bond acceptors (Lipinski definition) is 3. The Morgan fingerprint density at radius 2 is 2.00 bits per heavy atom. The average molecular weight is 359 g/mol. The van der Waals surface area contributed by atoms with Crippen LogP contribution >= 0.6 is 24.0 Å². The topological polar surface area (TPSA) is 50.4 Å². The number of benzene rings is 1. The molecule has 2 N–H and O–H groups in total. The van der Waals surface area contributed by atoms with Crippen molar-refractivity contribution in [3.05, 3.63) is 28.8 Å². The Kier molecular flexibility index (Phi) is 6.18. The zero-order chi connectivity index (χ0) is 15.7. The maximum Gasteiger partial charge on any atom is 0.260 e. The van der Waals surface area contributed by atoms with Crippen molar-refractivity contribution < 1.29 is 9.53 Å². The minimum absolute atomic E-state index is 0. The van der Waals surface area contributed by atoms with Crippen molar-refractivity contribution in [3.8, 4) is 5.75 Å². The zero-order valence-electron chi connectivity index (χ0n) is 13.5. The molecule has 128 valence electrons. The van der Waals surface area contributed by atoms with Gasteiger partial charge in [-0.05, 0) is 63.3 Å². The molecule has 2 aliphatic rings. The summed E-state index contributed by atoms with van der Waals surface area (Å²) in [6, 6.07) is 6.85. The van der Waals surface area contributed by atoms with Gasteiger partial charge in [-0.25, -0.2) is 0 Å². The highest BCUT2D eigenvalue weighted by atomic mass is 35.5. The summed E-state index contributed by atoms with van der Waals surface area (Å²) < 4.78 is 5.74. The van der Waals surface area contributed by atoms with Crippen LogP contribution in [0, 0.1) is 6.92 Å². The highest BCUT2D eigenvalue weighted by molar-refractivity contribution is 6.31. The summed E-state index contributed by atoms with van der Waals surface area (Å²) in [6.45, 7) is 3.71. The Balaban J connectivity index is 0.00000192. The molecule has 6 heteroatoms. The number of hydrogen-bond donors (Lipinski definition) is 2. The van der Waals surface area contributed by atoms with Gasteiger partial charge in [0.1, 0.15) is 5.75 Å². The normalized spacial score (nSPS) is 27.0. The summed E-state index contributed by atoms with van der Waals surface area (Å²) in [5.74, 6) is 0.633. The number of aryl methyl sites for hydroxylation is 1. The molecule has 1 aromatic carbocycles. The van der Waals surface area contributed by atoms with Crippen LogP contribution in [0.25, 0.3) is 0 Å². The van der Waals surface area contributed by atoms with Gasteiger partial charge in [-0.2, -0.15) is 0 Å². The lowest BCUT2D eigenvalue weighted by molar-refractivity contribution is -0.128. The summed E-state index contributed by atoms with van der Waals surface area (Å²) >= 11 is 6.00. The SMILES string of the molecule is Cc1cc(OC(C)C(=O)NC2CC3CCC(C2)N3)ccc1Cl.Cl. The predicted octanol–water partition coefficient (Wildman–Crippen LogP) is 3.24. The van der Waals surface area contributed by atoms with Crippen molar-refractivity contribution in [2.45, 2.75) is 63.8 Å². The van der Waals surface area contributed by atoms with E-state index >= 15 is 0 Å². The molecule has 2 bridgehead atoms. The fourth-order valence-electron chi connectivity index (χ4n) is 3.44. The molecule has 2 aliphatic heterocycles. The first-order valence-corrected chi connectivity index (χ1v) is 8.38. The number of carbonyl (C=O) groups excluding carboxylic acids is 1. The molecule has 3 rings (SSSR count). The van der Waals surface area contributed by atoms with E-state index < -0.39 is 6.10 Å². The number of nitrogens with one attached hydrogen (secondary N) is 2. The summed E-state index contributed by atoms with van der Waals surface area (Å²) in [6.07, 6.45) is 4.00. The lowest BCUT2D eigenvalue weighted by Crippen LogP contribution is -2.50. The highest BCUT2D eigenvalue weighted by Crippen LogP contribution is 2.27. The zero-order valence-corrected chi connectivity index (χ0v) is 15.0. The summed E-state index contributed by atoms with van der Waals surface area (Å²) in [5, 5.41) is 7.42. The van der Waals surface area contributed by atoms with Gasteiger partial charge in [-0.15, -0.1) is 12.4 Å². The second-order valence-corrected chi connectivity index (χ2v) is 6.89. The number of rotatable bonds is 4. The van der Waals surface area contributed by atoms with Crippen LogP contribution in [-0.2, 0) is 4.79 Å². The van der Waals surface area contributed by atoms with E-state index in [1.165, 1.54) is 12.8 Å². The van der Waals surface area contributed by atoms with Crippen molar-refractivity contribution in [2.24, 2.45) is 0 Å². The van der Waals surface area contributed by atoms with E-state index in [1.807, 2.05) is 13.0 Å². The van der Waals surface area contributed by atoms with Crippen LogP contribution in [0.5, 0.6) is 5.75 Å². The smallest absolute Gasteiger partial charge is 0.260 e. The monoisotopic (exact) mass is 358 g/mol. The minimum atomic E-state index is -0.506. The van der Waals surface area contributed by atoms with Gasteiger partial charge in [0.05, 0.1) is 0 Å². The molecule has 23 heavy (non-hydrogen) atoms. The van der Waals surface area contributed by atoms with E-state index in [9.17, 15) is 4.79 Å². The van der Waals surface area contributed by atoms with Gasteiger partial charge in [0.25, 0.3) is 5.91 Å². The van der Waals surface area contributed by atoms with E-state index in [4.69, 9.17) is 16.3 Å². The van der Waals surface area contributed by atoms with E-state index in [0.717, 1.165) is 18.4 Å². The molecule has 2 fully saturated rings. The highest BCUT2D eigenvalue weighted by Gasteiger charge is 2.34. The maximum atomic E-state index is 12.3.